The van der Waals surface area contributed by atoms with E-state index < -0.39 is 0 Å². The first-order valence-corrected chi connectivity index (χ1v) is 9.34. The van der Waals surface area contributed by atoms with Gasteiger partial charge in [-0.25, -0.2) is 14.4 Å². The fourth-order valence-corrected chi connectivity index (χ4v) is 3.56. The third-order valence-corrected chi connectivity index (χ3v) is 4.99. The second kappa shape index (κ2) is 8.58. The topological polar surface area (TPSA) is 61.3 Å². The highest BCUT2D eigenvalue weighted by Crippen LogP contribution is 2.24. The fraction of sp³-hybridized carbons (Fsp3) is 0.444. The van der Waals surface area contributed by atoms with Crippen LogP contribution in [0.25, 0.3) is 0 Å². The van der Waals surface area contributed by atoms with E-state index in [4.69, 9.17) is 0 Å². The standard InChI is InChI=1S/C18H22BrFN4O/c19-14-4-5-16(20)13(9-14)6-7-21-17-10-18(23-12-22-17)24-8-2-1-3-15(24)11-25/h4-5,9-10,12,15,25H,1-3,6-8,11H2,(H,21,22,23). The minimum atomic E-state index is -0.201. The summed E-state index contributed by atoms with van der Waals surface area (Å²) in [6, 6.07) is 6.97. The lowest BCUT2D eigenvalue weighted by Crippen LogP contribution is -2.42. The zero-order valence-electron chi connectivity index (χ0n) is 14.0. The molecule has 0 aliphatic carbocycles. The van der Waals surface area contributed by atoms with Gasteiger partial charge in [-0.2, -0.15) is 0 Å². The Kier molecular flexibility index (Phi) is 6.20. The second-order valence-electron chi connectivity index (χ2n) is 6.20. The zero-order valence-corrected chi connectivity index (χ0v) is 15.5. The van der Waals surface area contributed by atoms with Crippen LogP contribution >= 0.6 is 15.9 Å². The fourth-order valence-electron chi connectivity index (χ4n) is 3.15. The average molecular weight is 409 g/mol. The molecule has 25 heavy (non-hydrogen) atoms. The molecule has 1 fully saturated rings. The van der Waals surface area contributed by atoms with Gasteiger partial charge in [-0.05, 0) is 49.4 Å². The first-order valence-electron chi connectivity index (χ1n) is 8.54. The molecule has 3 rings (SSSR count). The normalized spacial score (nSPS) is 17.6. The van der Waals surface area contributed by atoms with Gasteiger partial charge in [-0.1, -0.05) is 15.9 Å². The van der Waals surface area contributed by atoms with Crippen molar-refractivity contribution in [1.29, 1.82) is 0 Å². The van der Waals surface area contributed by atoms with E-state index in [1.54, 1.807) is 12.1 Å². The first kappa shape index (κ1) is 18.1. The smallest absolute Gasteiger partial charge is 0.134 e. The van der Waals surface area contributed by atoms with Crippen molar-refractivity contribution in [3.8, 4) is 0 Å². The zero-order chi connectivity index (χ0) is 17.6. The molecule has 1 aromatic carbocycles. The summed E-state index contributed by atoms with van der Waals surface area (Å²) in [7, 11) is 0. The maximum atomic E-state index is 13.8. The molecule has 1 saturated heterocycles. The number of nitrogens with one attached hydrogen (secondary N) is 1. The van der Waals surface area contributed by atoms with E-state index in [1.165, 1.54) is 12.4 Å². The van der Waals surface area contributed by atoms with Crippen LogP contribution in [0.4, 0.5) is 16.0 Å². The van der Waals surface area contributed by atoms with Gasteiger partial charge in [0.2, 0.25) is 0 Å². The molecule has 1 atom stereocenters. The first-order chi connectivity index (χ1) is 12.2. The number of benzene rings is 1. The number of halogens is 2. The minimum absolute atomic E-state index is 0.118. The molecular weight excluding hydrogens is 387 g/mol. The maximum absolute atomic E-state index is 13.8. The monoisotopic (exact) mass is 408 g/mol. The molecule has 5 nitrogen and oxygen atoms in total. The van der Waals surface area contributed by atoms with Crippen LogP contribution in [0.3, 0.4) is 0 Å². The van der Waals surface area contributed by atoms with Crippen LogP contribution in [0.5, 0.6) is 0 Å². The van der Waals surface area contributed by atoms with Crippen molar-refractivity contribution in [2.75, 3.05) is 29.9 Å². The van der Waals surface area contributed by atoms with Crippen molar-refractivity contribution in [1.82, 2.24) is 9.97 Å². The van der Waals surface area contributed by atoms with E-state index in [0.717, 1.165) is 36.1 Å². The highest BCUT2D eigenvalue weighted by atomic mass is 79.9. The highest BCUT2D eigenvalue weighted by molar-refractivity contribution is 9.10. The predicted molar refractivity (Wildman–Crippen MR) is 100 cm³/mol. The molecule has 1 aromatic heterocycles. The van der Waals surface area contributed by atoms with E-state index in [1.807, 2.05) is 6.07 Å². The average Bonchev–Trinajstić information content (AvgIpc) is 2.65. The van der Waals surface area contributed by atoms with E-state index in [2.05, 4.69) is 36.1 Å². The number of aliphatic hydroxyl groups excluding tert-OH is 1. The van der Waals surface area contributed by atoms with Gasteiger partial charge < -0.3 is 15.3 Å². The molecule has 1 aliphatic heterocycles. The van der Waals surface area contributed by atoms with E-state index >= 15 is 0 Å². The quantitative estimate of drug-likeness (QED) is 0.766. The third kappa shape index (κ3) is 4.67. The summed E-state index contributed by atoms with van der Waals surface area (Å²) >= 11 is 3.37. The molecule has 0 saturated carbocycles. The van der Waals surface area contributed by atoms with Crippen molar-refractivity contribution < 1.29 is 9.50 Å². The van der Waals surface area contributed by atoms with Crippen LogP contribution in [-0.4, -0.2) is 40.8 Å². The molecule has 0 radical (unpaired) electrons. The Morgan fingerprint density at radius 2 is 2.16 bits per heavy atom. The van der Waals surface area contributed by atoms with Crippen LogP contribution in [0.15, 0.2) is 35.1 Å². The van der Waals surface area contributed by atoms with Crippen LogP contribution < -0.4 is 10.2 Å². The number of aliphatic hydroxyl groups is 1. The summed E-state index contributed by atoms with van der Waals surface area (Å²) in [6.45, 7) is 1.60. The summed E-state index contributed by atoms with van der Waals surface area (Å²) in [6.07, 6.45) is 5.31. The van der Waals surface area contributed by atoms with Gasteiger partial charge in [0.25, 0.3) is 0 Å². The molecule has 2 heterocycles. The number of hydrogen-bond acceptors (Lipinski definition) is 5. The van der Waals surface area contributed by atoms with Crippen molar-refractivity contribution in [3.63, 3.8) is 0 Å². The van der Waals surface area contributed by atoms with E-state index in [0.29, 0.717) is 24.3 Å². The minimum Gasteiger partial charge on any atom is -0.394 e. The van der Waals surface area contributed by atoms with Gasteiger partial charge in [0.1, 0.15) is 23.8 Å². The molecule has 1 aliphatic rings. The van der Waals surface area contributed by atoms with Gasteiger partial charge in [-0.15, -0.1) is 0 Å². The number of anilines is 2. The lowest BCUT2D eigenvalue weighted by atomic mass is 10.0. The van der Waals surface area contributed by atoms with Gasteiger partial charge in [0.15, 0.2) is 0 Å². The predicted octanol–water partition coefficient (Wildman–Crippen LogP) is 3.38. The van der Waals surface area contributed by atoms with Gasteiger partial charge in [-0.3, -0.25) is 0 Å². The number of hydrogen-bond donors (Lipinski definition) is 2. The van der Waals surface area contributed by atoms with Gasteiger partial charge in [0.05, 0.1) is 12.6 Å². The van der Waals surface area contributed by atoms with E-state index in [9.17, 15) is 9.50 Å². The Morgan fingerprint density at radius 3 is 3.00 bits per heavy atom. The molecule has 0 spiro atoms. The Hall–Kier alpha value is -1.73. The SMILES string of the molecule is OCC1CCCCN1c1cc(NCCc2cc(Br)ccc2F)ncn1. The molecule has 7 heteroatoms. The summed E-state index contributed by atoms with van der Waals surface area (Å²) in [4.78, 5) is 10.7. The molecule has 0 bridgehead atoms. The van der Waals surface area contributed by atoms with Crippen LogP contribution in [-0.2, 0) is 6.42 Å². The molecule has 134 valence electrons. The molecule has 2 N–H and O–H groups in total. The molecule has 0 amide bonds. The lowest BCUT2D eigenvalue weighted by Gasteiger charge is -2.35. The van der Waals surface area contributed by atoms with Crippen LogP contribution in [0.2, 0.25) is 0 Å². The highest BCUT2D eigenvalue weighted by Gasteiger charge is 2.23. The largest absolute Gasteiger partial charge is 0.394 e. The Balaban J connectivity index is 1.62. The Bertz CT molecular complexity index is 715. The lowest BCUT2D eigenvalue weighted by molar-refractivity contribution is 0.239. The van der Waals surface area contributed by atoms with Crippen LogP contribution in [0, 0.1) is 5.82 Å². The van der Waals surface area contributed by atoms with Crippen molar-refractivity contribution in [3.05, 3.63) is 46.4 Å². The number of piperidine rings is 1. The summed E-state index contributed by atoms with van der Waals surface area (Å²) < 4.78 is 14.6. The third-order valence-electron chi connectivity index (χ3n) is 4.49. The summed E-state index contributed by atoms with van der Waals surface area (Å²) in [5.74, 6) is 1.33. The summed E-state index contributed by atoms with van der Waals surface area (Å²) in [5.41, 5.74) is 0.660. The Labute approximate surface area is 155 Å². The molecular formula is C18H22BrFN4O. The summed E-state index contributed by atoms with van der Waals surface area (Å²) in [5, 5.41) is 12.8. The number of nitrogens with zero attached hydrogens (tertiary/aromatic N) is 3. The maximum Gasteiger partial charge on any atom is 0.134 e. The number of rotatable bonds is 6. The second-order valence-corrected chi connectivity index (χ2v) is 7.12. The Morgan fingerprint density at radius 1 is 1.28 bits per heavy atom. The van der Waals surface area contributed by atoms with Crippen molar-refractivity contribution in [2.45, 2.75) is 31.7 Å². The number of aromatic nitrogens is 2. The molecule has 2 aromatic rings. The molecule has 1 unspecified atom stereocenters. The van der Waals surface area contributed by atoms with E-state index in [-0.39, 0.29) is 18.5 Å². The van der Waals surface area contributed by atoms with Gasteiger partial charge in [0, 0.05) is 23.6 Å². The van der Waals surface area contributed by atoms with Crippen molar-refractivity contribution >= 4 is 27.6 Å². The van der Waals surface area contributed by atoms with Crippen molar-refractivity contribution in [2.24, 2.45) is 0 Å². The van der Waals surface area contributed by atoms with Gasteiger partial charge >= 0.3 is 0 Å². The van der Waals surface area contributed by atoms with Crippen LogP contribution in [0.1, 0.15) is 24.8 Å².